The number of ketones is 2. The van der Waals surface area contributed by atoms with Crippen molar-refractivity contribution in [2.24, 2.45) is 11.8 Å². The van der Waals surface area contributed by atoms with Gasteiger partial charge >= 0.3 is 0 Å². The second-order valence-corrected chi connectivity index (χ2v) is 3.29. The molecule has 2 nitrogen and oxygen atoms in total. The van der Waals surface area contributed by atoms with Gasteiger partial charge in [-0.05, 0) is 25.0 Å². The number of fused-ring (bicyclic) bond motifs is 1. The lowest BCUT2D eigenvalue weighted by Gasteiger charge is -2.26. The third-order valence-electron chi connectivity index (χ3n) is 2.58. The van der Waals surface area contributed by atoms with Crippen LogP contribution in [0.3, 0.4) is 0 Å². The summed E-state index contributed by atoms with van der Waals surface area (Å²) in [5.41, 5.74) is 0. The monoisotopic (exact) mass is 162 g/mol. The molecule has 2 rings (SSSR count). The Hall–Kier alpha value is -1.18. The van der Waals surface area contributed by atoms with Crippen LogP contribution in [0.25, 0.3) is 0 Å². The molecule has 0 heterocycles. The molecule has 0 aromatic rings. The minimum absolute atomic E-state index is 0.0625. The average Bonchev–Trinajstić information content (AvgIpc) is 2.12. The Morgan fingerprint density at radius 3 is 1.75 bits per heavy atom. The molecule has 2 aliphatic rings. The highest BCUT2D eigenvalue weighted by molar-refractivity contribution is 6.07. The highest BCUT2D eigenvalue weighted by atomic mass is 16.1. The zero-order chi connectivity index (χ0) is 8.55. The molecule has 0 aromatic heterocycles. The molecule has 0 amide bonds. The molecule has 2 heteroatoms. The van der Waals surface area contributed by atoms with Crippen molar-refractivity contribution < 1.29 is 9.59 Å². The van der Waals surface area contributed by atoms with E-state index in [1.54, 1.807) is 0 Å². The number of rotatable bonds is 0. The molecule has 0 fully saturated rings. The molecule has 2 atom stereocenters. The highest BCUT2D eigenvalue weighted by Gasteiger charge is 2.34. The summed E-state index contributed by atoms with van der Waals surface area (Å²) < 4.78 is 0. The molecule has 0 aliphatic heterocycles. The summed E-state index contributed by atoms with van der Waals surface area (Å²) in [4.78, 5) is 22.6. The number of carbonyl (C=O) groups is 2. The molecule has 0 aromatic carbocycles. The normalized spacial score (nSPS) is 33.7. The van der Waals surface area contributed by atoms with Crippen molar-refractivity contribution in [1.82, 2.24) is 0 Å². The third-order valence-corrected chi connectivity index (χ3v) is 2.58. The van der Waals surface area contributed by atoms with Crippen LogP contribution in [0.2, 0.25) is 0 Å². The average molecular weight is 162 g/mol. The van der Waals surface area contributed by atoms with E-state index in [9.17, 15) is 9.59 Å². The lowest BCUT2D eigenvalue weighted by atomic mass is 9.75. The number of allylic oxidation sites excluding steroid dienone is 4. The van der Waals surface area contributed by atoms with Gasteiger partial charge in [0.25, 0.3) is 0 Å². The first-order chi connectivity index (χ1) is 5.79. The van der Waals surface area contributed by atoms with Crippen LogP contribution in [-0.2, 0) is 9.59 Å². The zero-order valence-corrected chi connectivity index (χ0v) is 6.69. The first kappa shape index (κ1) is 7.47. The first-order valence-corrected chi connectivity index (χ1v) is 4.20. The molecule has 12 heavy (non-hydrogen) atoms. The molecular weight excluding hydrogens is 152 g/mol. The van der Waals surface area contributed by atoms with Gasteiger partial charge in [-0.25, -0.2) is 0 Å². The summed E-state index contributed by atoms with van der Waals surface area (Å²) in [6, 6.07) is 0. The Kier molecular flexibility index (Phi) is 1.68. The lowest BCUT2D eigenvalue weighted by Crippen LogP contribution is -2.32. The predicted octanol–water partition coefficient (Wildman–Crippen LogP) is 1.28. The van der Waals surface area contributed by atoms with E-state index < -0.39 is 0 Å². The molecule has 0 N–H and O–H groups in total. The van der Waals surface area contributed by atoms with Crippen LogP contribution in [0.4, 0.5) is 0 Å². The minimum Gasteiger partial charge on any atom is -0.295 e. The third kappa shape index (κ3) is 1.04. The van der Waals surface area contributed by atoms with E-state index in [1.165, 1.54) is 12.2 Å². The number of carbonyl (C=O) groups excluding carboxylic acids is 2. The van der Waals surface area contributed by atoms with Gasteiger partial charge in [-0.15, -0.1) is 0 Å². The van der Waals surface area contributed by atoms with Crippen LogP contribution in [0, 0.1) is 11.8 Å². The van der Waals surface area contributed by atoms with Crippen LogP contribution in [0.15, 0.2) is 24.3 Å². The van der Waals surface area contributed by atoms with Crippen LogP contribution in [0.1, 0.15) is 12.8 Å². The largest absolute Gasteiger partial charge is 0.295 e. The van der Waals surface area contributed by atoms with Crippen LogP contribution >= 0.6 is 0 Å². The van der Waals surface area contributed by atoms with E-state index in [0.717, 1.165) is 12.8 Å². The maximum Gasteiger partial charge on any atom is 0.159 e. The van der Waals surface area contributed by atoms with Crippen molar-refractivity contribution >= 4 is 11.6 Å². The summed E-state index contributed by atoms with van der Waals surface area (Å²) in [6.07, 6.45) is 8.29. The van der Waals surface area contributed by atoms with Crippen molar-refractivity contribution in [2.75, 3.05) is 0 Å². The van der Waals surface area contributed by atoms with E-state index in [0.29, 0.717) is 0 Å². The second kappa shape index (κ2) is 2.70. The second-order valence-electron chi connectivity index (χ2n) is 3.29. The van der Waals surface area contributed by atoms with Crippen molar-refractivity contribution in [3.63, 3.8) is 0 Å². The summed E-state index contributed by atoms with van der Waals surface area (Å²) in [6.45, 7) is 0. The summed E-state index contributed by atoms with van der Waals surface area (Å²) in [5, 5.41) is 0. The van der Waals surface area contributed by atoms with Crippen molar-refractivity contribution in [3.05, 3.63) is 24.3 Å². The number of hydrogen-bond donors (Lipinski definition) is 0. The predicted molar refractivity (Wildman–Crippen MR) is 44.5 cm³/mol. The fourth-order valence-corrected chi connectivity index (χ4v) is 1.85. The quantitative estimate of drug-likeness (QED) is 0.503. The smallest absolute Gasteiger partial charge is 0.159 e. The molecular formula is C10H10O2. The van der Waals surface area contributed by atoms with Gasteiger partial charge in [-0.3, -0.25) is 9.59 Å². The van der Waals surface area contributed by atoms with Crippen LogP contribution in [0.5, 0.6) is 0 Å². The van der Waals surface area contributed by atoms with Crippen molar-refractivity contribution in [1.29, 1.82) is 0 Å². The molecule has 0 unspecified atom stereocenters. The van der Waals surface area contributed by atoms with Crippen molar-refractivity contribution in [3.8, 4) is 0 Å². The molecule has 0 saturated heterocycles. The van der Waals surface area contributed by atoms with Gasteiger partial charge in [0.05, 0.1) is 0 Å². The van der Waals surface area contributed by atoms with Gasteiger partial charge in [0.2, 0.25) is 0 Å². The van der Waals surface area contributed by atoms with Gasteiger partial charge in [0, 0.05) is 11.8 Å². The summed E-state index contributed by atoms with van der Waals surface area (Å²) in [5.74, 6) is 0.105. The van der Waals surface area contributed by atoms with Gasteiger partial charge < -0.3 is 0 Å². The molecule has 62 valence electrons. The van der Waals surface area contributed by atoms with Gasteiger partial charge in [-0.2, -0.15) is 0 Å². The molecule has 2 aliphatic carbocycles. The molecule has 0 bridgehead atoms. The van der Waals surface area contributed by atoms with E-state index in [2.05, 4.69) is 0 Å². The first-order valence-electron chi connectivity index (χ1n) is 4.20. The van der Waals surface area contributed by atoms with Gasteiger partial charge in [-0.1, -0.05) is 12.2 Å². The van der Waals surface area contributed by atoms with E-state index in [-0.39, 0.29) is 23.4 Å². The van der Waals surface area contributed by atoms with Crippen LogP contribution < -0.4 is 0 Å². The van der Waals surface area contributed by atoms with E-state index in [1.807, 2.05) is 12.2 Å². The standard InChI is InChI=1S/C10H10O2/c11-9-5-6-10(12)8-4-2-1-3-7(8)9/h1-2,5-8H,3-4H2/t7-,8-/m0/s1. The van der Waals surface area contributed by atoms with E-state index in [4.69, 9.17) is 0 Å². The van der Waals surface area contributed by atoms with Crippen LogP contribution in [-0.4, -0.2) is 11.6 Å². The fourth-order valence-electron chi connectivity index (χ4n) is 1.85. The maximum atomic E-state index is 11.3. The summed E-state index contributed by atoms with van der Waals surface area (Å²) >= 11 is 0. The van der Waals surface area contributed by atoms with Crippen molar-refractivity contribution in [2.45, 2.75) is 12.8 Å². The Balaban J connectivity index is 2.32. The topological polar surface area (TPSA) is 34.1 Å². The summed E-state index contributed by atoms with van der Waals surface area (Å²) in [7, 11) is 0. The molecule has 0 saturated carbocycles. The Morgan fingerprint density at radius 1 is 0.917 bits per heavy atom. The zero-order valence-electron chi connectivity index (χ0n) is 6.69. The molecule has 0 radical (unpaired) electrons. The lowest BCUT2D eigenvalue weighted by molar-refractivity contribution is -0.129. The highest BCUT2D eigenvalue weighted by Crippen LogP contribution is 2.30. The Labute approximate surface area is 71.0 Å². The maximum absolute atomic E-state index is 11.3. The fraction of sp³-hybridized carbons (Fsp3) is 0.400. The molecule has 0 spiro atoms. The SMILES string of the molecule is O=C1C=CC(=O)[C@H]2CC=CC[C@H]12. The number of hydrogen-bond acceptors (Lipinski definition) is 2. The van der Waals surface area contributed by atoms with Gasteiger partial charge in [0.1, 0.15) is 0 Å². The minimum atomic E-state index is -0.0625. The van der Waals surface area contributed by atoms with Gasteiger partial charge in [0.15, 0.2) is 11.6 Å². The van der Waals surface area contributed by atoms with E-state index >= 15 is 0 Å². The Bertz CT molecular complexity index is 258. The Morgan fingerprint density at radius 2 is 1.33 bits per heavy atom.